The minimum Gasteiger partial charge on any atom is -0.456 e. The fourth-order valence-electron chi connectivity index (χ4n) is 9.50. The van der Waals surface area contributed by atoms with E-state index in [0.717, 1.165) is 39.0 Å². The van der Waals surface area contributed by atoms with Crippen LogP contribution < -0.4 is 4.90 Å². The van der Waals surface area contributed by atoms with Crippen LogP contribution >= 0.6 is 22.7 Å². The smallest absolute Gasteiger partial charge is 0.136 e. The van der Waals surface area contributed by atoms with Gasteiger partial charge in [0.2, 0.25) is 0 Å². The Kier molecular flexibility index (Phi) is 7.38. The van der Waals surface area contributed by atoms with Crippen LogP contribution in [0.1, 0.15) is 0 Å². The Bertz CT molecular complexity index is 3850. The van der Waals surface area contributed by atoms with Crippen LogP contribution in [0.4, 0.5) is 17.1 Å². The zero-order valence-electron chi connectivity index (χ0n) is 32.2. The molecule has 0 atom stereocenters. The van der Waals surface area contributed by atoms with Crippen molar-refractivity contribution in [2.75, 3.05) is 4.90 Å². The molecule has 60 heavy (non-hydrogen) atoms. The fraction of sp³-hybridized carbons (Fsp3) is 0. The summed E-state index contributed by atoms with van der Waals surface area (Å²) in [7, 11) is 0. The van der Waals surface area contributed by atoms with Crippen molar-refractivity contribution in [3.63, 3.8) is 0 Å². The highest BCUT2D eigenvalue weighted by atomic mass is 32.1. The summed E-state index contributed by atoms with van der Waals surface area (Å²) in [5.41, 5.74) is 9.91. The predicted octanol–water partition coefficient (Wildman–Crippen LogP) is 17.4. The SMILES string of the molecule is c1ccc(-c2ccccc2N(c2ccc3sc4cccc(-c5ccc6c(c5)sc5c7ccccc7ccc65)c4c3c2)c2ccc3oc4ccc5ccccc5c4c3c2)cc1. The molecule has 0 saturated heterocycles. The number of thiophene rings is 2. The first-order valence-corrected chi connectivity index (χ1v) is 22.0. The molecule has 0 spiro atoms. The van der Waals surface area contributed by atoms with Crippen LogP contribution in [0.15, 0.2) is 205 Å². The van der Waals surface area contributed by atoms with Crippen molar-refractivity contribution in [1.29, 1.82) is 0 Å². The summed E-state index contributed by atoms with van der Waals surface area (Å²) in [5.74, 6) is 0. The van der Waals surface area contributed by atoms with Gasteiger partial charge in [-0.15, -0.1) is 22.7 Å². The first kappa shape index (κ1) is 33.7. The Morgan fingerprint density at radius 2 is 1.05 bits per heavy atom. The molecule has 0 aliphatic rings. The number of para-hydroxylation sites is 1. The average Bonchev–Trinajstić information content (AvgIpc) is 4.00. The summed E-state index contributed by atoms with van der Waals surface area (Å²) in [5, 5.41) is 12.5. The molecule has 0 aliphatic heterocycles. The van der Waals surface area contributed by atoms with Gasteiger partial charge < -0.3 is 9.32 Å². The van der Waals surface area contributed by atoms with Crippen molar-refractivity contribution in [3.05, 3.63) is 200 Å². The first-order valence-electron chi connectivity index (χ1n) is 20.3. The molecule has 3 aromatic heterocycles. The average molecular weight is 800 g/mol. The Balaban J connectivity index is 1.04. The highest BCUT2D eigenvalue weighted by molar-refractivity contribution is 7.27. The van der Waals surface area contributed by atoms with Crippen molar-refractivity contribution >= 4 is 124 Å². The lowest BCUT2D eigenvalue weighted by Crippen LogP contribution is -2.11. The maximum atomic E-state index is 6.50. The number of rotatable bonds is 5. The highest BCUT2D eigenvalue weighted by Gasteiger charge is 2.22. The van der Waals surface area contributed by atoms with Crippen molar-refractivity contribution in [2.24, 2.45) is 0 Å². The normalized spacial score (nSPS) is 12.0. The van der Waals surface area contributed by atoms with E-state index in [2.05, 4.69) is 205 Å². The molecule has 0 saturated carbocycles. The van der Waals surface area contributed by atoms with Crippen molar-refractivity contribution in [3.8, 4) is 22.3 Å². The Morgan fingerprint density at radius 1 is 0.350 bits per heavy atom. The van der Waals surface area contributed by atoms with Crippen molar-refractivity contribution < 1.29 is 4.42 Å². The van der Waals surface area contributed by atoms with E-state index < -0.39 is 0 Å². The fourth-order valence-corrected chi connectivity index (χ4v) is 11.9. The summed E-state index contributed by atoms with van der Waals surface area (Å²) < 4.78 is 11.7. The van der Waals surface area contributed by atoms with Gasteiger partial charge in [-0.05, 0) is 98.9 Å². The molecular weight excluding hydrogens is 767 g/mol. The van der Waals surface area contributed by atoms with Gasteiger partial charge in [0.15, 0.2) is 0 Å². The molecule has 2 nitrogen and oxygen atoms in total. The predicted molar refractivity (Wildman–Crippen MR) is 260 cm³/mol. The monoisotopic (exact) mass is 799 g/mol. The van der Waals surface area contributed by atoms with Gasteiger partial charge in [0.25, 0.3) is 0 Å². The lowest BCUT2D eigenvalue weighted by Gasteiger charge is -2.28. The second-order valence-electron chi connectivity index (χ2n) is 15.6. The van der Waals surface area contributed by atoms with Crippen LogP contribution in [-0.4, -0.2) is 0 Å². The third-order valence-electron chi connectivity index (χ3n) is 12.2. The standard InChI is InChI=1S/C56H33NOS2/c1-2-11-34(12-3-1)40-15-8-9-19-48(40)57(38-24-29-49-46(32-38)54-41-16-6-4-13-35(41)23-28-50(54)58-49)39-25-30-51-47(33-39)55-42(18-10-20-52(55)59-51)37-22-26-44-45-27-21-36-14-5-7-17-43(36)56(45)60-53(44)31-37/h1-33H. The molecular formula is C56H33NOS2. The van der Waals surface area contributed by atoms with Gasteiger partial charge in [-0.3, -0.25) is 0 Å². The third kappa shape index (κ3) is 5.11. The maximum absolute atomic E-state index is 6.50. The number of nitrogens with zero attached hydrogens (tertiary/aromatic N) is 1. The summed E-state index contributed by atoms with van der Waals surface area (Å²) in [4.78, 5) is 2.44. The minimum atomic E-state index is 0.883. The number of furan rings is 1. The van der Waals surface area contributed by atoms with Crippen LogP contribution in [-0.2, 0) is 0 Å². The zero-order chi connectivity index (χ0) is 39.3. The lowest BCUT2D eigenvalue weighted by molar-refractivity contribution is 0.669. The van der Waals surface area contributed by atoms with Gasteiger partial charge in [0.1, 0.15) is 11.2 Å². The Labute approximate surface area is 353 Å². The van der Waals surface area contributed by atoms with Gasteiger partial charge in [-0.2, -0.15) is 0 Å². The van der Waals surface area contributed by atoms with E-state index in [9.17, 15) is 0 Å². The van der Waals surface area contributed by atoms with Gasteiger partial charge in [-0.1, -0.05) is 140 Å². The molecule has 0 amide bonds. The second-order valence-corrected chi connectivity index (χ2v) is 17.7. The van der Waals surface area contributed by atoms with Gasteiger partial charge in [0, 0.05) is 68.1 Å². The second kappa shape index (κ2) is 13.1. The molecule has 0 bridgehead atoms. The highest BCUT2D eigenvalue weighted by Crippen LogP contribution is 2.48. The van der Waals surface area contributed by atoms with Gasteiger partial charge in [0.05, 0.1) is 5.69 Å². The van der Waals surface area contributed by atoms with E-state index in [1.165, 1.54) is 84.1 Å². The molecule has 0 aliphatic carbocycles. The molecule has 280 valence electrons. The molecule has 0 radical (unpaired) electrons. The van der Waals surface area contributed by atoms with E-state index in [-0.39, 0.29) is 0 Å². The molecule has 13 aromatic rings. The number of hydrogen-bond acceptors (Lipinski definition) is 4. The van der Waals surface area contributed by atoms with E-state index >= 15 is 0 Å². The number of benzene rings is 10. The number of hydrogen-bond donors (Lipinski definition) is 0. The quantitative estimate of drug-likeness (QED) is 0.172. The molecule has 0 unspecified atom stereocenters. The topological polar surface area (TPSA) is 16.4 Å². The summed E-state index contributed by atoms with van der Waals surface area (Å²) in [6.07, 6.45) is 0. The first-order chi connectivity index (χ1) is 29.7. The molecule has 3 heterocycles. The molecule has 0 N–H and O–H groups in total. The molecule has 10 aromatic carbocycles. The summed E-state index contributed by atoms with van der Waals surface area (Å²) >= 11 is 3.77. The Morgan fingerprint density at radius 3 is 1.95 bits per heavy atom. The van der Waals surface area contributed by atoms with Crippen molar-refractivity contribution in [2.45, 2.75) is 0 Å². The molecule has 4 heteroatoms. The van der Waals surface area contributed by atoms with E-state index in [1.807, 2.05) is 22.7 Å². The van der Waals surface area contributed by atoms with Crippen LogP contribution in [0.25, 0.3) is 106 Å². The van der Waals surface area contributed by atoms with Gasteiger partial charge in [-0.25, -0.2) is 0 Å². The number of fused-ring (bicyclic) bond motifs is 13. The lowest BCUT2D eigenvalue weighted by atomic mass is 9.97. The number of anilines is 3. The largest absolute Gasteiger partial charge is 0.456 e. The summed E-state index contributed by atoms with van der Waals surface area (Å²) in [6.45, 7) is 0. The van der Waals surface area contributed by atoms with Crippen LogP contribution in [0, 0.1) is 0 Å². The molecule has 0 fully saturated rings. The Hall–Kier alpha value is -7.24. The van der Waals surface area contributed by atoms with Gasteiger partial charge >= 0.3 is 0 Å². The summed E-state index contributed by atoms with van der Waals surface area (Å²) in [6, 6.07) is 73.2. The van der Waals surface area contributed by atoms with Crippen LogP contribution in [0.5, 0.6) is 0 Å². The van der Waals surface area contributed by atoms with Crippen LogP contribution in [0.2, 0.25) is 0 Å². The van der Waals surface area contributed by atoms with E-state index in [4.69, 9.17) is 4.42 Å². The molecule has 13 rings (SSSR count). The van der Waals surface area contributed by atoms with Crippen molar-refractivity contribution in [1.82, 2.24) is 0 Å². The minimum absolute atomic E-state index is 0.883. The van der Waals surface area contributed by atoms with E-state index in [1.54, 1.807) is 0 Å². The van der Waals surface area contributed by atoms with E-state index in [0.29, 0.717) is 0 Å². The third-order valence-corrected chi connectivity index (χ3v) is 14.6. The zero-order valence-corrected chi connectivity index (χ0v) is 33.9. The maximum Gasteiger partial charge on any atom is 0.136 e. The van der Waals surface area contributed by atoms with Crippen LogP contribution in [0.3, 0.4) is 0 Å².